The second-order valence-corrected chi connectivity index (χ2v) is 2.66. The third-order valence-corrected chi connectivity index (χ3v) is 1.95. The number of rotatable bonds is 1. The fourth-order valence-electron chi connectivity index (χ4n) is 1.35. The minimum atomic E-state index is -0.143. The molecule has 3 N–H and O–H groups in total. The van der Waals surface area contributed by atoms with Gasteiger partial charge in [0.05, 0.1) is 6.61 Å². The van der Waals surface area contributed by atoms with Gasteiger partial charge in [-0.25, -0.2) is 0 Å². The highest BCUT2D eigenvalue weighted by Gasteiger charge is 2.07. The van der Waals surface area contributed by atoms with E-state index in [9.17, 15) is 5.11 Å². The molecular formula is C9H9NO2. The molecular weight excluding hydrogens is 154 g/mol. The maximum atomic E-state index is 9.32. The van der Waals surface area contributed by atoms with Crippen molar-refractivity contribution in [3.8, 4) is 5.88 Å². The van der Waals surface area contributed by atoms with Gasteiger partial charge in [0, 0.05) is 16.5 Å². The summed E-state index contributed by atoms with van der Waals surface area (Å²) in [5.74, 6) is 0.0544. The Morgan fingerprint density at radius 2 is 2.00 bits per heavy atom. The summed E-state index contributed by atoms with van der Waals surface area (Å²) >= 11 is 0. The topological polar surface area (TPSA) is 56.2 Å². The molecule has 3 nitrogen and oxygen atoms in total. The molecule has 0 fully saturated rings. The number of fused-ring (bicyclic) bond motifs is 1. The van der Waals surface area contributed by atoms with Gasteiger partial charge < -0.3 is 15.2 Å². The first kappa shape index (κ1) is 7.18. The lowest BCUT2D eigenvalue weighted by Gasteiger charge is -1.91. The van der Waals surface area contributed by atoms with Crippen LogP contribution in [0.4, 0.5) is 0 Å². The number of nitrogens with one attached hydrogen (secondary N) is 1. The minimum absolute atomic E-state index is 0.0544. The first-order valence-corrected chi connectivity index (χ1v) is 3.72. The number of H-pyrrole nitrogens is 1. The van der Waals surface area contributed by atoms with Gasteiger partial charge in [-0.05, 0) is 6.07 Å². The van der Waals surface area contributed by atoms with E-state index < -0.39 is 0 Å². The van der Waals surface area contributed by atoms with Crippen LogP contribution in [0.25, 0.3) is 10.9 Å². The van der Waals surface area contributed by atoms with E-state index in [2.05, 4.69) is 4.98 Å². The maximum Gasteiger partial charge on any atom is 0.195 e. The second kappa shape index (κ2) is 2.53. The summed E-state index contributed by atoms with van der Waals surface area (Å²) in [5, 5.41) is 19.1. The van der Waals surface area contributed by atoms with Crippen LogP contribution in [0, 0.1) is 0 Å². The van der Waals surface area contributed by atoms with Crippen LogP contribution >= 0.6 is 0 Å². The molecule has 0 aliphatic rings. The molecule has 0 saturated heterocycles. The molecule has 12 heavy (non-hydrogen) atoms. The van der Waals surface area contributed by atoms with E-state index >= 15 is 0 Å². The van der Waals surface area contributed by atoms with Gasteiger partial charge >= 0.3 is 0 Å². The van der Waals surface area contributed by atoms with E-state index in [1.807, 2.05) is 24.3 Å². The van der Waals surface area contributed by atoms with E-state index in [1.165, 1.54) is 0 Å². The van der Waals surface area contributed by atoms with Crippen LogP contribution in [0.2, 0.25) is 0 Å². The number of benzene rings is 1. The average Bonchev–Trinajstić information content (AvgIpc) is 2.40. The maximum absolute atomic E-state index is 9.32. The normalized spacial score (nSPS) is 10.8. The Bertz CT molecular complexity index is 406. The van der Waals surface area contributed by atoms with Crippen LogP contribution in [0.1, 0.15) is 5.56 Å². The SMILES string of the molecule is OCc1c(O)[nH]c2ccccc12. The van der Waals surface area contributed by atoms with E-state index in [1.54, 1.807) is 0 Å². The van der Waals surface area contributed by atoms with Crippen molar-refractivity contribution in [3.05, 3.63) is 29.8 Å². The summed E-state index contributed by atoms with van der Waals surface area (Å²) < 4.78 is 0. The Morgan fingerprint density at radius 1 is 1.25 bits per heavy atom. The first-order valence-electron chi connectivity index (χ1n) is 3.72. The molecule has 0 aliphatic heterocycles. The molecule has 3 heteroatoms. The zero-order chi connectivity index (χ0) is 8.55. The summed E-state index contributed by atoms with van der Waals surface area (Å²) in [6, 6.07) is 7.46. The summed E-state index contributed by atoms with van der Waals surface area (Å²) in [6.07, 6.45) is 0. The summed E-state index contributed by atoms with van der Waals surface area (Å²) in [7, 11) is 0. The highest BCUT2D eigenvalue weighted by atomic mass is 16.3. The molecule has 62 valence electrons. The Balaban J connectivity index is 2.81. The zero-order valence-electron chi connectivity index (χ0n) is 6.41. The van der Waals surface area contributed by atoms with Gasteiger partial charge in [0.2, 0.25) is 0 Å². The van der Waals surface area contributed by atoms with Gasteiger partial charge in [-0.1, -0.05) is 18.2 Å². The molecule has 2 rings (SSSR count). The van der Waals surface area contributed by atoms with Gasteiger partial charge in [0.25, 0.3) is 0 Å². The largest absolute Gasteiger partial charge is 0.494 e. The number of aliphatic hydroxyl groups excluding tert-OH is 1. The van der Waals surface area contributed by atoms with Gasteiger partial charge in [0.15, 0.2) is 5.88 Å². The number of aromatic amines is 1. The lowest BCUT2D eigenvalue weighted by molar-refractivity contribution is 0.276. The summed E-state index contributed by atoms with van der Waals surface area (Å²) in [4.78, 5) is 2.77. The number of aromatic hydroxyl groups is 1. The van der Waals surface area contributed by atoms with Crippen LogP contribution in [0.3, 0.4) is 0 Å². The fraction of sp³-hybridized carbons (Fsp3) is 0.111. The van der Waals surface area contributed by atoms with Crippen LogP contribution in [0.5, 0.6) is 5.88 Å². The van der Waals surface area contributed by atoms with Crippen molar-refractivity contribution < 1.29 is 10.2 Å². The predicted molar refractivity (Wildman–Crippen MR) is 45.9 cm³/mol. The lowest BCUT2D eigenvalue weighted by atomic mass is 10.2. The third kappa shape index (κ3) is 0.871. The van der Waals surface area contributed by atoms with E-state index in [4.69, 9.17) is 5.11 Å². The smallest absolute Gasteiger partial charge is 0.195 e. The van der Waals surface area contributed by atoms with Gasteiger partial charge in [-0.3, -0.25) is 0 Å². The van der Waals surface area contributed by atoms with Crippen LogP contribution < -0.4 is 0 Å². The predicted octanol–water partition coefficient (Wildman–Crippen LogP) is 1.37. The van der Waals surface area contributed by atoms with Crippen molar-refractivity contribution in [2.75, 3.05) is 0 Å². The van der Waals surface area contributed by atoms with Gasteiger partial charge in [0.1, 0.15) is 0 Å². The van der Waals surface area contributed by atoms with Crippen molar-refractivity contribution in [1.82, 2.24) is 4.98 Å². The molecule has 0 unspecified atom stereocenters. The second-order valence-electron chi connectivity index (χ2n) is 2.66. The monoisotopic (exact) mass is 163 g/mol. The quantitative estimate of drug-likeness (QED) is 0.594. The molecule has 1 aromatic heterocycles. The van der Waals surface area contributed by atoms with Gasteiger partial charge in [-0.15, -0.1) is 0 Å². The first-order chi connectivity index (χ1) is 5.83. The molecule has 2 aromatic rings. The number of aliphatic hydroxyl groups is 1. The van der Waals surface area contributed by atoms with Crippen molar-refractivity contribution in [2.24, 2.45) is 0 Å². The molecule has 0 saturated carbocycles. The molecule has 1 aromatic carbocycles. The number of hydrogen-bond donors (Lipinski definition) is 3. The standard InChI is InChI=1S/C9H9NO2/c11-5-7-6-3-1-2-4-8(6)10-9(7)12/h1-4,10-12H,5H2. The van der Waals surface area contributed by atoms with E-state index in [0.717, 1.165) is 10.9 Å². The van der Waals surface area contributed by atoms with Crippen LogP contribution in [0.15, 0.2) is 24.3 Å². The minimum Gasteiger partial charge on any atom is -0.494 e. The molecule has 0 amide bonds. The van der Waals surface area contributed by atoms with Crippen molar-refractivity contribution in [3.63, 3.8) is 0 Å². The Kier molecular flexibility index (Phi) is 1.52. The summed E-state index contributed by atoms with van der Waals surface area (Å²) in [5.41, 5.74) is 1.41. The fourth-order valence-corrected chi connectivity index (χ4v) is 1.35. The molecule has 0 spiro atoms. The van der Waals surface area contributed by atoms with Crippen LogP contribution in [-0.2, 0) is 6.61 Å². The van der Waals surface area contributed by atoms with E-state index in [0.29, 0.717) is 5.56 Å². The van der Waals surface area contributed by atoms with Crippen LogP contribution in [-0.4, -0.2) is 15.2 Å². The van der Waals surface area contributed by atoms with Crippen molar-refractivity contribution in [1.29, 1.82) is 0 Å². The molecule has 1 heterocycles. The zero-order valence-corrected chi connectivity index (χ0v) is 6.41. The lowest BCUT2D eigenvalue weighted by Crippen LogP contribution is -1.79. The molecule has 0 atom stereocenters. The van der Waals surface area contributed by atoms with Gasteiger partial charge in [-0.2, -0.15) is 0 Å². The number of aromatic nitrogens is 1. The Morgan fingerprint density at radius 3 is 2.75 bits per heavy atom. The van der Waals surface area contributed by atoms with Crippen molar-refractivity contribution in [2.45, 2.75) is 6.61 Å². The third-order valence-electron chi connectivity index (χ3n) is 1.95. The highest BCUT2D eigenvalue weighted by Crippen LogP contribution is 2.26. The number of para-hydroxylation sites is 1. The molecule has 0 bridgehead atoms. The Labute approximate surface area is 69.3 Å². The molecule has 0 radical (unpaired) electrons. The van der Waals surface area contributed by atoms with Crippen molar-refractivity contribution >= 4 is 10.9 Å². The Hall–Kier alpha value is -1.48. The highest BCUT2D eigenvalue weighted by molar-refractivity contribution is 5.85. The summed E-state index contributed by atoms with van der Waals surface area (Å²) in [6.45, 7) is -0.143. The number of hydrogen-bond acceptors (Lipinski definition) is 2. The molecule has 0 aliphatic carbocycles. The average molecular weight is 163 g/mol. The van der Waals surface area contributed by atoms with E-state index in [-0.39, 0.29) is 12.5 Å².